The molecular weight excluding hydrogens is 282 g/mol. The van der Waals surface area contributed by atoms with Crippen molar-refractivity contribution in [1.82, 2.24) is 9.89 Å². The van der Waals surface area contributed by atoms with E-state index in [-0.39, 0.29) is 4.90 Å². The molecule has 102 valence electrons. The van der Waals surface area contributed by atoms with Gasteiger partial charge >= 0.3 is 5.56 Å². The van der Waals surface area contributed by atoms with Crippen molar-refractivity contribution in [1.29, 1.82) is 0 Å². The van der Waals surface area contributed by atoms with Crippen molar-refractivity contribution in [2.45, 2.75) is 4.90 Å². The fourth-order valence-corrected chi connectivity index (χ4v) is 2.19. The standard InChI is InChI=1S/C11H9N5O3S/c1-20(18,19)10-4-2-8(3-5-10)9-6-11(17)16(13-7-9)15-14-12/h2-7H,1H3. The van der Waals surface area contributed by atoms with Crippen LogP contribution < -0.4 is 5.56 Å². The van der Waals surface area contributed by atoms with E-state index in [0.29, 0.717) is 15.9 Å². The normalized spacial score (nSPS) is 10.8. The van der Waals surface area contributed by atoms with Gasteiger partial charge in [0.2, 0.25) is 0 Å². The van der Waals surface area contributed by atoms with E-state index in [1.54, 1.807) is 12.1 Å². The van der Waals surface area contributed by atoms with Gasteiger partial charge < -0.3 is 0 Å². The second-order valence-corrected chi connectivity index (χ2v) is 5.96. The lowest BCUT2D eigenvalue weighted by Crippen LogP contribution is -2.17. The minimum atomic E-state index is -3.26. The highest BCUT2D eigenvalue weighted by Gasteiger charge is 2.08. The Morgan fingerprint density at radius 1 is 1.25 bits per heavy atom. The Morgan fingerprint density at radius 3 is 2.40 bits per heavy atom. The Morgan fingerprint density at radius 2 is 1.90 bits per heavy atom. The van der Waals surface area contributed by atoms with Crippen LogP contribution in [0.3, 0.4) is 0 Å². The smallest absolute Gasteiger partial charge is 0.239 e. The van der Waals surface area contributed by atoms with Crippen LogP contribution in [-0.4, -0.2) is 24.6 Å². The van der Waals surface area contributed by atoms with Crippen molar-refractivity contribution >= 4 is 9.84 Å². The predicted octanol–water partition coefficient (Wildman–Crippen LogP) is 1.39. The summed E-state index contributed by atoms with van der Waals surface area (Å²) in [6, 6.07) is 7.29. The summed E-state index contributed by atoms with van der Waals surface area (Å²) in [5.41, 5.74) is 8.80. The third-order valence-electron chi connectivity index (χ3n) is 2.52. The first-order chi connectivity index (χ1) is 9.41. The number of rotatable bonds is 3. The topological polar surface area (TPSA) is 118 Å². The molecule has 0 unspecified atom stereocenters. The van der Waals surface area contributed by atoms with Gasteiger partial charge in [-0.1, -0.05) is 17.2 Å². The monoisotopic (exact) mass is 291 g/mol. The molecule has 20 heavy (non-hydrogen) atoms. The number of benzene rings is 1. The van der Waals surface area contributed by atoms with Crippen LogP contribution in [0, 0.1) is 0 Å². The molecule has 9 heteroatoms. The molecule has 2 rings (SSSR count). The molecule has 1 aromatic heterocycles. The van der Waals surface area contributed by atoms with Crippen LogP contribution >= 0.6 is 0 Å². The molecule has 0 spiro atoms. The Labute approximate surface area is 113 Å². The second kappa shape index (κ2) is 5.16. The average Bonchev–Trinajstić information content (AvgIpc) is 2.40. The van der Waals surface area contributed by atoms with Gasteiger partial charge in [0.25, 0.3) is 0 Å². The van der Waals surface area contributed by atoms with Crippen molar-refractivity contribution in [2.75, 3.05) is 6.26 Å². The zero-order valence-corrected chi connectivity index (χ0v) is 11.1. The van der Waals surface area contributed by atoms with Crippen LogP contribution in [0.2, 0.25) is 0 Å². The summed E-state index contributed by atoms with van der Waals surface area (Å²) in [6.45, 7) is 0. The molecule has 0 aliphatic carbocycles. The molecule has 0 radical (unpaired) electrons. The molecule has 0 amide bonds. The first-order valence-electron chi connectivity index (χ1n) is 5.37. The van der Waals surface area contributed by atoms with Gasteiger partial charge in [0.15, 0.2) is 9.84 Å². The molecule has 1 aromatic carbocycles. The highest BCUT2D eigenvalue weighted by molar-refractivity contribution is 7.90. The number of aromatic nitrogens is 2. The zero-order valence-electron chi connectivity index (χ0n) is 10.3. The van der Waals surface area contributed by atoms with Gasteiger partial charge in [-0.25, -0.2) is 13.2 Å². The molecule has 1 heterocycles. The lowest BCUT2D eigenvalue weighted by molar-refractivity contribution is 0.602. The first kappa shape index (κ1) is 13.8. The van der Waals surface area contributed by atoms with E-state index in [2.05, 4.69) is 15.2 Å². The van der Waals surface area contributed by atoms with Crippen LogP contribution in [0.25, 0.3) is 21.6 Å². The fraction of sp³-hybridized carbons (Fsp3) is 0.0909. The summed E-state index contributed by atoms with van der Waals surface area (Å²) in [5.74, 6) is 0. The molecule has 0 bridgehead atoms. The van der Waals surface area contributed by atoms with Gasteiger partial charge in [0.1, 0.15) is 0 Å². The molecule has 0 saturated heterocycles. The van der Waals surface area contributed by atoms with E-state index in [0.717, 1.165) is 6.26 Å². The largest absolute Gasteiger partial charge is 0.363 e. The van der Waals surface area contributed by atoms with Crippen LogP contribution in [-0.2, 0) is 9.84 Å². The third-order valence-corrected chi connectivity index (χ3v) is 3.65. The predicted molar refractivity (Wildman–Crippen MR) is 71.6 cm³/mol. The summed E-state index contributed by atoms with van der Waals surface area (Å²) in [6.07, 6.45) is 2.47. The Bertz CT molecular complexity index is 848. The molecule has 0 N–H and O–H groups in total. The van der Waals surface area contributed by atoms with E-state index in [1.807, 2.05) is 0 Å². The lowest BCUT2D eigenvalue weighted by atomic mass is 10.1. The quantitative estimate of drug-likeness (QED) is 0.482. The molecule has 0 aliphatic heterocycles. The summed E-state index contributed by atoms with van der Waals surface area (Å²) in [7, 11) is -3.26. The average molecular weight is 291 g/mol. The molecule has 0 atom stereocenters. The summed E-state index contributed by atoms with van der Waals surface area (Å²) < 4.78 is 22.7. The van der Waals surface area contributed by atoms with Crippen molar-refractivity contribution in [2.24, 2.45) is 5.22 Å². The highest BCUT2D eigenvalue weighted by Crippen LogP contribution is 2.19. The molecule has 8 nitrogen and oxygen atoms in total. The van der Waals surface area contributed by atoms with Gasteiger partial charge in [-0.05, 0) is 22.5 Å². The third kappa shape index (κ3) is 2.85. The number of hydrogen-bond donors (Lipinski definition) is 0. The van der Waals surface area contributed by atoms with Crippen LogP contribution in [0.15, 0.2) is 51.4 Å². The molecule has 2 aromatic rings. The number of sulfone groups is 1. The SMILES string of the molecule is CS(=O)(=O)c1ccc(-c2cnn(N=[N+]=[N-])c(=O)c2)cc1. The number of azide groups is 1. The fourth-order valence-electron chi connectivity index (χ4n) is 1.56. The van der Waals surface area contributed by atoms with Crippen molar-refractivity contribution in [3.63, 3.8) is 0 Å². The summed E-state index contributed by atoms with van der Waals surface area (Å²) >= 11 is 0. The van der Waals surface area contributed by atoms with E-state index in [9.17, 15) is 13.2 Å². The summed E-state index contributed by atoms with van der Waals surface area (Å²) in [5, 5.41) is 6.76. The number of nitrogens with zero attached hydrogens (tertiary/aromatic N) is 5. The van der Waals surface area contributed by atoms with Gasteiger partial charge in [0.05, 0.1) is 11.1 Å². The Balaban J connectivity index is 2.45. The Kier molecular flexibility index (Phi) is 3.55. The molecule has 0 aliphatic rings. The Hall–Kier alpha value is -2.64. The van der Waals surface area contributed by atoms with Crippen molar-refractivity contribution < 1.29 is 8.42 Å². The maximum Gasteiger partial charge on any atom is 0.363 e. The number of hydrogen-bond acceptors (Lipinski definition) is 5. The van der Waals surface area contributed by atoms with Crippen molar-refractivity contribution in [3.05, 3.63) is 57.3 Å². The highest BCUT2D eigenvalue weighted by atomic mass is 32.2. The second-order valence-electron chi connectivity index (χ2n) is 3.95. The maximum absolute atomic E-state index is 11.6. The van der Waals surface area contributed by atoms with Gasteiger partial charge in [-0.3, -0.25) is 0 Å². The van der Waals surface area contributed by atoms with Crippen LogP contribution in [0.4, 0.5) is 0 Å². The minimum absolute atomic E-state index is 0.191. The van der Waals surface area contributed by atoms with E-state index < -0.39 is 15.4 Å². The van der Waals surface area contributed by atoms with Gasteiger partial charge in [0, 0.05) is 23.1 Å². The van der Waals surface area contributed by atoms with Gasteiger partial charge in [-0.15, -0.1) is 5.53 Å². The first-order valence-corrected chi connectivity index (χ1v) is 7.26. The van der Waals surface area contributed by atoms with E-state index in [4.69, 9.17) is 5.53 Å². The molecule has 0 fully saturated rings. The summed E-state index contributed by atoms with van der Waals surface area (Å²) in [4.78, 5) is 14.8. The lowest BCUT2D eigenvalue weighted by Gasteiger charge is -2.02. The molecular formula is C11H9N5O3S. The van der Waals surface area contributed by atoms with Crippen LogP contribution in [0.5, 0.6) is 0 Å². The minimum Gasteiger partial charge on any atom is -0.239 e. The van der Waals surface area contributed by atoms with Gasteiger partial charge in [-0.2, -0.15) is 4.91 Å². The van der Waals surface area contributed by atoms with Crippen LogP contribution in [0.1, 0.15) is 0 Å². The maximum atomic E-state index is 11.6. The van der Waals surface area contributed by atoms with E-state index in [1.165, 1.54) is 24.4 Å². The molecule has 0 saturated carbocycles. The van der Waals surface area contributed by atoms with E-state index >= 15 is 0 Å². The van der Waals surface area contributed by atoms with Crippen molar-refractivity contribution in [3.8, 4) is 11.1 Å². The zero-order chi connectivity index (χ0) is 14.8.